The van der Waals surface area contributed by atoms with Crippen molar-refractivity contribution in [1.29, 1.82) is 0 Å². The molecule has 0 bridgehead atoms. The van der Waals surface area contributed by atoms with Crippen molar-refractivity contribution in [3.05, 3.63) is 0 Å². The van der Waals surface area contributed by atoms with E-state index in [1.54, 1.807) is 18.9 Å². The monoisotopic (exact) mass is 257 g/mol. The Labute approximate surface area is 108 Å². The van der Waals surface area contributed by atoms with E-state index in [4.69, 9.17) is 9.47 Å². The van der Waals surface area contributed by atoms with E-state index in [-0.39, 0.29) is 23.8 Å². The number of carbonyl (C=O) groups is 2. The molecule has 2 atom stereocenters. The molecule has 0 saturated carbocycles. The molecular formula is C13H23NO4. The molecule has 0 aromatic carbocycles. The summed E-state index contributed by atoms with van der Waals surface area (Å²) in [7, 11) is 1.62. The zero-order chi connectivity index (χ0) is 13.5. The molecule has 0 aromatic rings. The van der Waals surface area contributed by atoms with Crippen LogP contribution in [0.5, 0.6) is 0 Å². The minimum absolute atomic E-state index is 0.0232. The maximum absolute atomic E-state index is 12.1. The Hall–Kier alpha value is -1.10. The van der Waals surface area contributed by atoms with Crippen LogP contribution in [-0.2, 0) is 19.1 Å². The first-order valence-electron chi connectivity index (χ1n) is 6.55. The number of hydrogen-bond donors (Lipinski definition) is 0. The average molecular weight is 257 g/mol. The molecule has 0 aliphatic carbocycles. The molecule has 18 heavy (non-hydrogen) atoms. The number of hydrogen-bond acceptors (Lipinski definition) is 4. The van der Waals surface area contributed by atoms with Gasteiger partial charge in [0.05, 0.1) is 6.61 Å². The largest absolute Gasteiger partial charge is 0.464 e. The Morgan fingerprint density at radius 3 is 2.78 bits per heavy atom. The first-order chi connectivity index (χ1) is 8.60. The lowest BCUT2D eigenvalue weighted by Gasteiger charge is -2.24. The molecule has 5 nitrogen and oxygen atoms in total. The Morgan fingerprint density at radius 2 is 2.17 bits per heavy atom. The van der Waals surface area contributed by atoms with Crippen molar-refractivity contribution in [2.75, 3.05) is 26.9 Å². The summed E-state index contributed by atoms with van der Waals surface area (Å²) in [5.41, 5.74) is 0. The van der Waals surface area contributed by atoms with Crippen molar-refractivity contribution in [2.45, 2.75) is 39.2 Å². The molecule has 0 radical (unpaired) electrons. The fourth-order valence-corrected chi connectivity index (χ4v) is 2.31. The van der Waals surface area contributed by atoms with Gasteiger partial charge in [0.2, 0.25) is 5.91 Å². The first kappa shape index (κ1) is 15.0. The summed E-state index contributed by atoms with van der Waals surface area (Å²) < 4.78 is 10.0. The second kappa shape index (κ2) is 7.36. The Morgan fingerprint density at radius 1 is 1.44 bits per heavy atom. The number of amides is 1. The third kappa shape index (κ3) is 3.98. The summed E-state index contributed by atoms with van der Waals surface area (Å²) >= 11 is 0. The third-order valence-corrected chi connectivity index (χ3v) is 3.11. The molecule has 1 rings (SSSR count). The van der Waals surface area contributed by atoms with Crippen molar-refractivity contribution in [2.24, 2.45) is 5.92 Å². The van der Waals surface area contributed by atoms with Crippen molar-refractivity contribution >= 4 is 11.9 Å². The van der Waals surface area contributed by atoms with E-state index in [0.717, 1.165) is 6.42 Å². The minimum atomic E-state index is -0.382. The van der Waals surface area contributed by atoms with Gasteiger partial charge in [-0.25, -0.2) is 4.79 Å². The van der Waals surface area contributed by atoms with Gasteiger partial charge in [0.1, 0.15) is 6.04 Å². The number of ether oxygens (including phenoxy) is 2. The fraction of sp³-hybridized carbons (Fsp3) is 0.846. The Kier molecular flexibility index (Phi) is 6.12. The number of nitrogens with zero attached hydrogens (tertiary/aromatic N) is 1. The third-order valence-electron chi connectivity index (χ3n) is 3.11. The van der Waals surface area contributed by atoms with Gasteiger partial charge in [-0.3, -0.25) is 4.79 Å². The average Bonchev–Trinajstić information content (AvgIpc) is 2.78. The molecule has 0 aromatic heterocycles. The van der Waals surface area contributed by atoms with Crippen LogP contribution in [0.25, 0.3) is 0 Å². The van der Waals surface area contributed by atoms with Gasteiger partial charge in [-0.15, -0.1) is 0 Å². The van der Waals surface area contributed by atoms with Crippen LogP contribution in [0.15, 0.2) is 0 Å². The van der Waals surface area contributed by atoms with E-state index >= 15 is 0 Å². The van der Waals surface area contributed by atoms with E-state index in [1.807, 2.05) is 6.92 Å². The van der Waals surface area contributed by atoms with E-state index in [0.29, 0.717) is 32.6 Å². The lowest BCUT2D eigenvalue weighted by molar-refractivity contribution is -0.153. The molecule has 1 fully saturated rings. The molecule has 1 heterocycles. The lowest BCUT2D eigenvalue weighted by Crippen LogP contribution is -2.42. The van der Waals surface area contributed by atoms with Crippen LogP contribution in [0.4, 0.5) is 0 Å². The zero-order valence-corrected chi connectivity index (χ0v) is 11.5. The highest BCUT2D eigenvalue weighted by atomic mass is 16.5. The molecule has 5 heteroatoms. The number of carbonyl (C=O) groups excluding carboxylic acids is 2. The number of methoxy groups -OCH3 is 1. The molecular weight excluding hydrogens is 234 g/mol. The molecule has 1 aliphatic rings. The Bertz CT molecular complexity index is 293. The van der Waals surface area contributed by atoms with Crippen LogP contribution in [0, 0.1) is 5.92 Å². The van der Waals surface area contributed by atoms with Gasteiger partial charge in [-0.1, -0.05) is 6.92 Å². The molecule has 0 N–H and O–H groups in total. The van der Waals surface area contributed by atoms with Crippen LogP contribution in [0.1, 0.15) is 33.1 Å². The van der Waals surface area contributed by atoms with Gasteiger partial charge in [-0.2, -0.15) is 0 Å². The quantitative estimate of drug-likeness (QED) is 0.671. The van der Waals surface area contributed by atoms with Gasteiger partial charge in [0, 0.05) is 26.7 Å². The van der Waals surface area contributed by atoms with E-state index in [1.165, 1.54) is 0 Å². The molecule has 2 unspecified atom stereocenters. The summed E-state index contributed by atoms with van der Waals surface area (Å²) in [6, 6.07) is -0.382. The van der Waals surface area contributed by atoms with Gasteiger partial charge < -0.3 is 14.4 Å². The van der Waals surface area contributed by atoms with Crippen molar-refractivity contribution < 1.29 is 19.1 Å². The number of esters is 1. The highest BCUT2D eigenvalue weighted by Gasteiger charge is 2.35. The van der Waals surface area contributed by atoms with Crippen LogP contribution < -0.4 is 0 Å². The van der Waals surface area contributed by atoms with Crippen LogP contribution in [0.3, 0.4) is 0 Å². The summed E-state index contributed by atoms with van der Waals surface area (Å²) in [5.74, 6) is -0.0798. The molecule has 104 valence electrons. The minimum Gasteiger partial charge on any atom is -0.464 e. The maximum atomic E-state index is 12.1. The number of rotatable bonds is 6. The van der Waals surface area contributed by atoms with Crippen LogP contribution in [-0.4, -0.2) is 49.7 Å². The van der Waals surface area contributed by atoms with E-state index < -0.39 is 0 Å². The standard InChI is InChI=1S/C13H23NO4/c1-4-18-13(16)11-6-5-7-14(11)12(15)8-10(2)9-17-3/h10-11H,4-9H2,1-3H3. The number of likely N-dealkylation sites (tertiary alicyclic amines) is 1. The van der Waals surface area contributed by atoms with Gasteiger partial charge >= 0.3 is 5.97 Å². The smallest absolute Gasteiger partial charge is 0.328 e. The van der Waals surface area contributed by atoms with Gasteiger partial charge in [0.15, 0.2) is 0 Å². The summed E-state index contributed by atoms with van der Waals surface area (Å²) in [6.07, 6.45) is 2.00. The first-order valence-corrected chi connectivity index (χ1v) is 6.55. The highest BCUT2D eigenvalue weighted by Crippen LogP contribution is 2.20. The zero-order valence-electron chi connectivity index (χ0n) is 11.5. The van der Waals surface area contributed by atoms with E-state index in [2.05, 4.69) is 0 Å². The fourth-order valence-electron chi connectivity index (χ4n) is 2.31. The van der Waals surface area contributed by atoms with Crippen LogP contribution in [0.2, 0.25) is 0 Å². The summed E-state index contributed by atoms with van der Waals surface area (Å²) in [5, 5.41) is 0. The topological polar surface area (TPSA) is 55.8 Å². The highest BCUT2D eigenvalue weighted by molar-refractivity contribution is 5.85. The molecule has 0 spiro atoms. The van der Waals surface area contributed by atoms with Crippen LogP contribution >= 0.6 is 0 Å². The second-order valence-electron chi connectivity index (χ2n) is 4.76. The second-order valence-corrected chi connectivity index (χ2v) is 4.76. The molecule has 1 saturated heterocycles. The van der Waals surface area contributed by atoms with Gasteiger partial charge in [0.25, 0.3) is 0 Å². The molecule has 1 amide bonds. The summed E-state index contributed by atoms with van der Waals surface area (Å²) in [6.45, 7) is 5.32. The SMILES string of the molecule is CCOC(=O)C1CCCN1C(=O)CC(C)COC. The van der Waals surface area contributed by atoms with E-state index in [9.17, 15) is 9.59 Å². The predicted octanol–water partition coefficient (Wildman–Crippen LogP) is 1.21. The van der Waals surface area contributed by atoms with Crippen molar-refractivity contribution in [1.82, 2.24) is 4.90 Å². The Balaban J connectivity index is 2.52. The van der Waals surface area contributed by atoms with Gasteiger partial charge in [-0.05, 0) is 25.7 Å². The maximum Gasteiger partial charge on any atom is 0.328 e. The van der Waals surface area contributed by atoms with Crippen molar-refractivity contribution in [3.8, 4) is 0 Å². The summed E-state index contributed by atoms with van der Waals surface area (Å²) in [4.78, 5) is 25.5. The van der Waals surface area contributed by atoms with Crippen molar-refractivity contribution in [3.63, 3.8) is 0 Å². The predicted molar refractivity (Wildman–Crippen MR) is 67.0 cm³/mol. The molecule has 1 aliphatic heterocycles. The lowest BCUT2D eigenvalue weighted by atomic mass is 10.1. The normalized spacial score (nSPS) is 20.8.